The van der Waals surface area contributed by atoms with Crippen molar-refractivity contribution in [3.63, 3.8) is 0 Å². The van der Waals surface area contributed by atoms with Crippen LogP contribution in [0.2, 0.25) is 0 Å². The Morgan fingerprint density at radius 2 is 2.00 bits per heavy atom. The van der Waals surface area contributed by atoms with Crippen molar-refractivity contribution in [3.8, 4) is 11.1 Å². The molecule has 6 heteroatoms. The van der Waals surface area contributed by atoms with Crippen LogP contribution in [0, 0.1) is 0 Å². The molecule has 2 aromatic rings. The summed E-state index contributed by atoms with van der Waals surface area (Å²) in [6.45, 7) is 2.95. The van der Waals surface area contributed by atoms with E-state index in [9.17, 15) is 13.2 Å². The highest BCUT2D eigenvalue weighted by molar-refractivity contribution is 5.79. The van der Waals surface area contributed by atoms with Crippen LogP contribution in [0.15, 0.2) is 30.3 Å². The lowest BCUT2D eigenvalue weighted by Gasteiger charge is -2.36. The summed E-state index contributed by atoms with van der Waals surface area (Å²) < 4.78 is 40.9. The van der Waals surface area contributed by atoms with E-state index in [2.05, 4.69) is 10.2 Å². The van der Waals surface area contributed by atoms with Crippen LogP contribution < -0.4 is 16.0 Å². The molecule has 142 valence electrons. The molecule has 0 saturated carbocycles. The van der Waals surface area contributed by atoms with Gasteiger partial charge in [0.15, 0.2) is 0 Å². The highest BCUT2D eigenvalue weighted by Crippen LogP contribution is 2.50. The second-order valence-electron chi connectivity index (χ2n) is 7.84. The van der Waals surface area contributed by atoms with E-state index >= 15 is 0 Å². The second-order valence-corrected chi connectivity index (χ2v) is 7.84. The number of anilines is 2. The molecule has 3 N–H and O–H groups in total. The zero-order valence-corrected chi connectivity index (χ0v) is 14.9. The normalized spacial score (nSPS) is 23.9. The molecule has 5 rings (SSSR count). The van der Waals surface area contributed by atoms with E-state index in [-0.39, 0.29) is 11.3 Å². The van der Waals surface area contributed by atoms with E-state index in [4.69, 9.17) is 5.73 Å². The Morgan fingerprint density at radius 3 is 2.81 bits per heavy atom. The van der Waals surface area contributed by atoms with Crippen LogP contribution in [0.3, 0.4) is 0 Å². The van der Waals surface area contributed by atoms with E-state index in [1.165, 1.54) is 22.9 Å². The van der Waals surface area contributed by atoms with Gasteiger partial charge in [-0.05, 0) is 72.3 Å². The molecular formula is C21H22F3N3. The number of nitrogens with two attached hydrogens (primary N) is 1. The molecule has 0 bridgehead atoms. The first-order chi connectivity index (χ1) is 12.9. The lowest BCUT2D eigenvalue weighted by molar-refractivity contribution is -0.137. The number of rotatable bonds is 1. The minimum absolute atomic E-state index is 0.135. The molecule has 1 fully saturated rings. The molecule has 3 aliphatic rings. The van der Waals surface area contributed by atoms with E-state index in [0.29, 0.717) is 17.5 Å². The Bertz CT molecular complexity index is 906. The number of hydrogen-bond donors (Lipinski definition) is 2. The largest absolute Gasteiger partial charge is 0.417 e. The standard InChI is InChI=1S/C21H22F3N3/c22-21(23,24)18-10-14(25)3-4-15(18)13-8-12-2-1-7-27-19-5-6-26-11-17(19)16(9-13)20(12)27/h3-4,8-10,17,19,26H,1-2,5-7,11,25H2/t17-,19-/m1/s1. The molecule has 0 aromatic heterocycles. The number of alkyl halides is 3. The van der Waals surface area contributed by atoms with Crippen LogP contribution in [-0.2, 0) is 12.6 Å². The molecule has 0 aliphatic carbocycles. The van der Waals surface area contributed by atoms with Crippen molar-refractivity contribution in [3.05, 3.63) is 47.0 Å². The molecule has 3 aliphatic heterocycles. The summed E-state index contributed by atoms with van der Waals surface area (Å²) in [7, 11) is 0. The van der Waals surface area contributed by atoms with Crippen LogP contribution in [0.1, 0.15) is 35.4 Å². The number of benzene rings is 2. The first-order valence-corrected chi connectivity index (χ1v) is 9.55. The molecular weight excluding hydrogens is 351 g/mol. The van der Waals surface area contributed by atoms with Gasteiger partial charge in [0.25, 0.3) is 0 Å². The minimum Gasteiger partial charge on any atom is -0.399 e. The molecule has 0 spiro atoms. The van der Waals surface area contributed by atoms with Crippen molar-refractivity contribution in [1.29, 1.82) is 0 Å². The van der Waals surface area contributed by atoms with Crippen molar-refractivity contribution in [2.24, 2.45) is 0 Å². The summed E-state index contributed by atoms with van der Waals surface area (Å²) in [5, 5.41) is 3.46. The number of halogens is 3. The average molecular weight is 373 g/mol. The van der Waals surface area contributed by atoms with Gasteiger partial charge < -0.3 is 16.0 Å². The summed E-state index contributed by atoms with van der Waals surface area (Å²) in [6.07, 6.45) is -1.36. The Balaban J connectivity index is 1.70. The molecule has 0 amide bonds. The average Bonchev–Trinajstić information content (AvgIpc) is 2.97. The summed E-state index contributed by atoms with van der Waals surface area (Å²) >= 11 is 0. The minimum atomic E-state index is -4.43. The van der Waals surface area contributed by atoms with E-state index in [1.807, 2.05) is 12.1 Å². The zero-order chi connectivity index (χ0) is 18.8. The fourth-order valence-electron chi connectivity index (χ4n) is 5.16. The van der Waals surface area contributed by atoms with E-state index < -0.39 is 11.7 Å². The van der Waals surface area contributed by atoms with Gasteiger partial charge in [-0.2, -0.15) is 13.2 Å². The van der Waals surface area contributed by atoms with Crippen molar-refractivity contribution >= 4 is 11.4 Å². The van der Waals surface area contributed by atoms with Crippen molar-refractivity contribution in [1.82, 2.24) is 5.32 Å². The van der Waals surface area contributed by atoms with Crippen molar-refractivity contribution in [2.45, 2.75) is 37.4 Å². The van der Waals surface area contributed by atoms with E-state index in [1.54, 1.807) is 6.07 Å². The molecule has 2 atom stereocenters. The first kappa shape index (κ1) is 16.9. The van der Waals surface area contributed by atoms with Crippen molar-refractivity contribution in [2.75, 3.05) is 30.3 Å². The van der Waals surface area contributed by atoms with Gasteiger partial charge in [0, 0.05) is 36.4 Å². The molecule has 27 heavy (non-hydrogen) atoms. The van der Waals surface area contributed by atoms with Gasteiger partial charge in [0.05, 0.1) is 5.56 Å². The Labute approximate surface area is 156 Å². The van der Waals surface area contributed by atoms with Gasteiger partial charge in [-0.3, -0.25) is 0 Å². The SMILES string of the molecule is Nc1ccc(-c2cc3c4c(c2)[C@H]2CNCC[C@H]2N4CCC3)c(C(F)(F)F)c1. The fraction of sp³-hybridized carbons (Fsp3) is 0.429. The van der Waals surface area contributed by atoms with Gasteiger partial charge >= 0.3 is 6.18 Å². The quantitative estimate of drug-likeness (QED) is 0.738. The second kappa shape index (κ2) is 5.89. The van der Waals surface area contributed by atoms with Crippen LogP contribution in [0.4, 0.5) is 24.5 Å². The van der Waals surface area contributed by atoms with Gasteiger partial charge in [-0.25, -0.2) is 0 Å². The van der Waals surface area contributed by atoms with Gasteiger partial charge in [0.1, 0.15) is 0 Å². The maximum atomic E-state index is 13.6. The highest BCUT2D eigenvalue weighted by Gasteiger charge is 2.42. The predicted molar refractivity (Wildman–Crippen MR) is 101 cm³/mol. The molecule has 2 aromatic carbocycles. The number of nitrogens with one attached hydrogen (secondary N) is 1. The lowest BCUT2D eigenvalue weighted by atomic mass is 9.86. The maximum Gasteiger partial charge on any atom is 0.417 e. The number of hydrogen-bond acceptors (Lipinski definition) is 3. The fourth-order valence-corrected chi connectivity index (χ4v) is 5.16. The van der Waals surface area contributed by atoms with Gasteiger partial charge in [-0.15, -0.1) is 0 Å². The number of nitrogens with zero attached hydrogens (tertiary/aromatic N) is 1. The molecule has 3 nitrogen and oxygen atoms in total. The monoisotopic (exact) mass is 373 g/mol. The Kier molecular flexibility index (Phi) is 3.69. The number of fused-ring (bicyclic) bond motifs is 3. The smallest absolute Gasteiger partial charge is 0.399 e. The third-order valence-corrected chi connectivity index (χ3v) is 6.26. The predicted octanol–water partition coefficient (Wildman–Crippen LogP) is 4.17. The number of piperidine rings is 1. The molecule has 1 saturated heterocycles. The van der Waals surface area contributed by atoms with Crippen molar-refractivity contribution < 1.29 is 13.2 Å². The highest BCUT2D eigenvalue weighted by atomic mass is 19.4. The maximum absolute atomic E-state index is 13.6. The van der Waals surface area contributed by atoms with Gasteiger partial charge in [-0.1, -0.05) is 6.07 Å². The Hall–Kier alpha value is -2.21. The Morgan fingerprint density at radius 1 is 1.15 bits per heavy atom. The molecule has 0 unspecified atom stereocenters. The summed E-state index contributed by atoms with van der Waals surface area (Å²) in [5.41, 5.74) is 9.69. The number of nitrogen functional groups attached to an aromatic ring is 1. The van der Waals surface area contributed by atoms with E-state index in [0.717, 1.165) is 45.0 Å². The third-order valence-electron chi connectivity index (χ3n) is 6.26. The van der Waals surface area contributed by atoms with Crippen LogP contribution >= 0.6 is 0 Å². The van der Waals surface area contributed by atoms with Crippen LogP contribution in [-0.4, -0.2) is 25.7 Å². The lowest BCUT2D eigenvalue weighted by Crippen LogP contribution is -2.45. The van der Waals surface area contributed by atoms with Crippen LogP contribution in [0.5, 0.6) is 0 Å². The van der Waals surface area contributed by atoms with Crippen LogP contribution in [0.25, 0.3) is 11.1 Å². The number of aryl methyl sites for hydroxylation is 1. The first-order valence-electron chi connectivity index (χ1n) is 9.55. The summed E-state index contributed by atoms with van der Waals surface area (Å²) in [4.78, 5) is 2.51. The topological polar surface area (TPSA) is 41.3 Å². The third kappa shape index (κ3) is 2.61. The molecule has 0 radical (unpaired) electrons. The summed E-state index contributed by atoms with van der Waals surface area (Å²) in [5.74, 6) is 0.355. The zero-order valence-electron chi connectivity index (χ0n) is 14.9. The van der Waals surface area contributed by atoms with Gasteiger partial charge in [0.2, 0.25) is 0 Å². The summed E-state index contributed by atoms with van der Waals surface area (Å²) in [6, 6.07) is 8.56. The molecule has 3 heterocycles.